The van der Waals surface area contributed by atoms with Gasteiger partial charge in [-0.25, -0.2) is 4.79 Å². The maximum absolute atomic E-state index is 11.3. The molecule has 1 rings (SSSR count). The molecule has 0 aliphatic heterocycles. The first-order valence-electron chi connectivity index (χ1n) is 4.83. The second-order valence-corrected chi connectivity index (χ2v) is 3.98. The molecule has 0 bridgehead atoms. The van der Waals surface area contributed by atoms with Crippen molar-refractivity contribution in [1.82, 2.24) is 0 Å². The zero-order valence-corrected chi connectivity index (χ0v) is 10.6. The van der Waals surface area contributed by atoms with Crippen LogP contribution in [0, 0.1) is 10.1 Å². The molecular weight excluding hydrogens is 290 g/mol. The fourth-order valence-corrected chi connectivity index (χ4v) is 1.56. The van der Waals surface area contributed by atoms with Crippen LogP contribution in [-0.4, -0.2) is 17.5 Å². The molecule has 6 heteroatoms. The molecule has 0 aliphatic carbocycles. The minimum atomic E-state index is -0.933. The third-order valence-electron chi connectivity index (χ3n) is 1.83. The molecular formula is C11H10BrNO4. The Morgan fingerprint density at radius 3 is 2.82 bits per heavy atom. The summed E-state index contributed by atoms with van der Waals surface area (Å²) < 4.78 is 5.38. The highest BCUT2D eigenvalue weighted by Crippen LogP contribution is 2.15. The van der Waals surface area contributed by atoms with Gasteiger partial charge in [-0.15, -0.1) is 0 Å². The van der Waals surface area contributed by atoms with Crippen molar-refractivity contribution < 1.29 is 14.5 Å². The average Bonchev–Trinajstić information content (AvgIpc) is 2.26. The summed E-state index contributed by atoms with van der Waals surface area (Å²) in [5.74, 6) is -0.933. The molecule has 0 aliphatic rings. The van der Waals surface area contributed by atoms with Crippen molar-refractivity contribution in [2.45, 2.75) is 6.92 Å². The molecule has 0 fully saturated rings. The number of carbonyl (C=O) groups excluding carboxylic acids is 1. The van der Waals surface area contributed by atoms with Crippen LogP contribution in [0.25, 0.3) is 6.08 Å². The van der Waals surface area contributed by atoms with Gasteiger partial charge >= 0.3 is 11.7 Å². The maximum atomic E-state index is 11.3. The highest BCUT2D eigenvalue weighted by atomic mass is 79.9. The topological polar surface area (TPSA) is 69.4 Å². The van der Waals surface area contributed by atoms with Crippen LogP contribution < -0.4 is 0 Å². The van der Waals surface area contributed by atoms with Crippen LogP contribution in [-0.2, 0) is 9.53 Å². The van der Waals surface area contributed by atoms with E-state index in [4.69, 9.17) is 0 Å². The normalized spacial score (nSPS) is 11.1. The Kier molecular flexibility index (Phi) is 4.84. The highest BCUT2D eigenvalue weighted by Gasteiger charge is 2.23. The van der Waals surface area contributed by atoms with Crippen molar-refractivity contribution in [2.24, 2.45) is 0 Å². The van der Waals surface area contributed by atoms with E-state index < -0.39 is 16.6 Å². The molecule has 0 spiro atoms. The second-order valence-electron chi connectivity index (χ2n) is 3.06. The summed E-state index contributed by atoms with van der Waals surface area (Å²) in [6, 6.07) is 6.84. The van der Waals surface area contributed by atoms with Crippen LogP contribution in [0.1, 0.15) is 12.5 Å². The predicted octanol–water partition coefficient (Wildman–Crippen LogP) is 2.63. The van der Waals surface area contributed by atoms with Crippen molar-refractivity contribution in [3.05, 3.63) is 50.1 Å². The Bertz CT molecular complexity index is 470. The largest absolute Gasteiger partial charge is 0.458 e. The second kappa shape index (κ2) is 6.15. The van der Waals surface area contributed by atoms with E-state index in [1.165, 1.54) is 6.08 Å². The summed E-state index contributed by atoms with van der Waals surface area (Å²) >= 11 is 3.24. The first-order chi connectivity index (χ1) is 8.04. The maximum Gasteiger partial charge on any atom is 0.409 e. The van der Waals surface area contributed by atoms with Gasteiger partial charge in [0.15, 0.2) is 0 Å². The first kappa shape index (κ1) is 13.4. The number of ether oxygens (including phenoxy) is 1. The Labute approximate surface area is 106 Å². The van der Waals surface area contributed by atoms with Gasteiger partial charge < -0.3 is 4.74 Å². The van der Waals surface area contributed by atoms with E-state index in [0.717, 1.165) is 4.47 Å². The standard InChI is InChI=1S/C11H10BrNO4/c1-2-17-11(14)10(13(15)16)7-8-4-3-5-9(12)6-8/h3-7H,2H2,1H3. The van der Waals surface area contributed by atoms with Crippen LogP contribution in [0.4, 0.5) is 0 Å². The van der Waals surface area contributed by atoms with E-state index >= 15 is 0 Å². The van der Waals surface area contributed by atoms with Gasteiger partial charge in [0.2, 0.25) is 0 Å². The van der Waals surface area contributed by atoms with Crippen LogP contribution in [0.15, 0.2) is 34.4 Å². The molecule has 0 saturated carbocycles. The lowest BCUT2D eigenvalue weighted by molar-refractivity contribution is -0.419. The number of hydrogen-bond acceptors (Lipinski definition) is 4. The van der Waals surface area contributed by atoms with E-state index in [1.807, 2.05) is 0 Å². The summed E-state index contributed by atoms with van der Waals surface area (Å²) in [4.78, 5) is 21.3. The summed E-state index contributed by atoms with van der Waals surface area (Å²) in [7, 11) is 0. The average molecular weight is 300 g/mol. The van der Waals surface area contributed by atoms with Crippen LogP contribution in [0.3, 0.4) is 0 Å². The molecule has 90 valence electrons. The van der Waals surface area contributed by atoms with Crippen LogP contribution >= 0.6 is 15.9 Å². The molecule has 0 atom stereocenters. The Morgan fingerprint density at radius 2 is 2.29 bits per heavy atom. The molecule has 17 heavy (non-hydrogen) atoms. The van der Waals surface area contributed by atoms with Crippen molar-refractivity contribution in [3.8, 4) is 0 Å². The lowest BCUT2D eigenvalue weighted by Gasteiger charge is -1.99. The fourth-order valence-electron chi connectivity index (χ4n) is 1.15. The molecule has 0 heterocycles. The molecule has 0 radical (unpaired) electrons. The van der Waals surface area contributed by atoms with Crippen molar-refractivity contribution in [1.29, 1.82) is 0 Å². The number of benzene rings is 1. The number of nitro groups is 1. The van der Waals surface area contributed by atoms with E-state index in [0.29, 0.717) is 5.56 Å². The predicted molar refractivity (Wildman–Crippen MR) is 65.7 cm³/mol. The lowest BCUT2D eigenvalue weighted by Crippen LogP contribution is -2.14. The van der Waals surface area contributed by atoms with Crippen LogP contribution in [0.2, 0.25) is 0 Å². The van der Waals surface area contributed by atoms with Crippen molar-refractivity contribution in [2.75, 3.05) is 6.61 Å². The molecule has 1 aromatic rings. The van der Waals surface area contributed by atoms with Gasteiger partial charge in [0.25, 0.3) is 0 Å². The first-order valence-corrected chi connectivity index (χ1v) is 5.62. The van der Waals surface area contributed by atoms with Gasteiger partial charge in [0.05, 0.1) is 11.5 Å². The minimum absolute atomic E-state index is 0.0997. The zero-order valence-electron chi connectivity index (χ0n) is 9.05. The third-order valence-corrected chi connectivity index (χ3v) is 2.33. The molecule has 0 N–H and O–H groups in total. The van der Waals surface area contributed by atoms with Crippen molar-refractivity contribution >= 4 is 28.0 Å². The third kappa shape index (κ3) is 3.99. The van der Waals surface area contributed by atoms with Gasteiger partial charge in [-0.3, -0.25) is 10.1 Å². The summed E-state index contributed by atoms with van der Waals surface area (Å²) in [6.45, 7) is 1.69. The van der Waals surface area contributed by atoms with Gasteiger partial charge in [-0.1, -0.05) is 28.1 Å². The Balaban J connectivity index is 3.06. The number of halogens is 1. The van der Waals surface area contributed by atoms with Gasteiger partial charge in [0.1, 0.15) is 0 Å². The summed E-state index contributed by atoms with van der Waals surface area (Å²) in [6.07, 6.45) is 1.18. The number of hydrogen-bond donors (Lipinski definition) is 0. The zero-order chi connectivity index (χ0) is 12.8. The SMILES string of the molecule is CCOC(=O)C(=Cc1cccc(Br)c1)[N+](=O)[O-]. The molecule has 0 amide bonds. The van der Waals surface area contributed by atoms with Crippen molar-refractivity contribution in [3.63, 3.8) is 0 Å². The lowest BCUT2D eigenvalue weighted by atomic mass is 10.2. The van der Waals surface area contributed by atoms with Crippen LogP contribution in [0.5, 0.6) is 0 Å². The highest BCUT2D eigenvalue weighted by molar-refractivity contribution is 9.10. The Morgan fingerprint density at radius 1 is 1.59 bits per heavy atom. The molecule has 0 aromatic heterocycles. The number of esters is 1. The van der Waals surface area contributed by atoms with E-state index in [2.05, 4.69) is 20.7 Å². The van der Waals surface area contributed by atoms with E-state index in [1.54, 1.807) is 31.2 Å². The fraction of sp³-hybridized carbons (Fsp3) is 0.182. The van der Waals surface area contributed by atoms with Gasteiger partial charge in [-0.05, 0) is 24.6 Å². The van der Waals surface area contributed by atoms with E-state index in [9.17, 15) is 14.9 Å². The molecule has 0 unspecified atom stereocenters. The van der Waals surface area contributed by atoms with Gasteiger partial charge in [0, 0.05) is 10.5 Å². The van der Waals surface area contributed by atoms with E-state index in [-0.39, 0.29) is 6.61 Å². The molecule has 5 nitrogen and oxygen atoms in total. The number of nitrogens with zero attached hydrogens (tertiary/aromatic N) is 1. The Hall–Kier alpha value is -1.69. The summed E-state index contributed by atoms with van der Waals surface area (Å²) in [5.41, 5.74) is -0.0240. The summed E-state index contributed by atoms with van der Waals surface area (Å²) in [5, 5.41) is 10.7. The molecule has 0 saturated heterocycles. The quantitative estimate of drug-likeness (QED) is 0.371. The monoisotopic (exact) mass is 299 g/mol. The smallest absolute Gasteiger partial charge is 0.409 e. The van der Waals surface area contributed by atoms with Gasteiger partial charge in [-0.2, -0.15) is 0 Å². The number of rotatable bonds is 4. The molecule has 1 aromatic carbocycles. The minimum Gasteiger partial charge on any atom is -0.458 e. The number of carbonyl (C=O) groups is 1.